The summed E-state index contributed by atoms with van der Waals surface area (Å²) < 4.78 is -0.150. The minimum absolute atomic E-state index is 0.150. The summed E-state index contributed by atoms with van der Waals surface area (Å²) in [6.45, 7) is 16.9. The number of nitrogens with zero attached hydrogens (tertiary/aromatic N) is 3. The van der Waals surface area contributed by atoms with Gasteiger partial charge in [0.15, 0.2) is 0 Å². The Morgan fingerprint density at radius 2 is 1.67 bits per heavy atom. The zero-order valence-corrected chi connectivity index (χ0v) is 37.7. The second-order valence-electron chi connectivity index (χ2n) is 17.4. The lowest BCUT2D eigenvalue weighted by molar-refractivity contribution is -0.139. The fraction of sp³-hybridized carbons (Fsp3) is 0.600. The normalized spacial score (nSPS) is 23.6. The van der Waals surface area contributed by atoms with Crippen LogP contribution in [0.15, 0.2) is 46.9 Å². The first-order valence-corrected chi connectivity index (χ1v) is 21.7. The molecule has 8 N–H and O–H groups in total. The van der Waals surface area contributed by atoms with Crippen LogP contribution in [0.2, 0.25) is 0 Å². The molecule has 0 aliphatic carbocycles. The van der Waals surface area contributed by atoms with Crippen LogP contribution < -0.4 is 37.9 Å². The molecule has 4 rings (SSSR count). The van der Waals surface area contributed by atoms with Gasteiger partial charge in [-0.15, -0.1) is 11.3 Å². The molecular weight excluding hydrogens is 875 g/mol. The van der Waals surface area contributed by atoms with Crippen LogP contribution in [0.4, 0.5) is 0 Å². The predicted molar refractivity (Wildman–Crippen MR) is 231 cm³/mol. The van der Waals surface area contributed by atoms with Crippen molar-refractivity contribution in [2.24, 2.45) is 27.6 Å². The van der Waals surface area contributed by atoms with Crippen molar-refractivity contribution in [3.63, 3.8) is 0 Å². The van der Waals surface area contributed by atoms with Crippen molar-refractivity contribution in [3.05, 3.63) is 52.5 Å². The summed E-state index contributed by atoms with van der Waals surface area (Å²) in [6.07, 6.45) is 2.00. The van der Waals surface area contributed by atoms with E-state index in [0.29, 0.717) is 18.0 Å². The standard InChI is InChI=1S/C40H59IN10O6S/c1-21(2)28-34(54)49-31(39(4,5)6)33(44-20-27(53)51-17-15-24(41)30(51)36(56)46-28)48-32(40(7,8)9)37(57)47-29(22(3)23-13-11-10-12-14-23)35(55)45-25(19-26(52)50-42)38-43-16-18-58-38/h10-14,16,18,21-22,24-25,28-32H,15,17,19-20,42H2,1-9H3,(H,44,48)(H,45,55)(H,46,56)(H,47,57)(H,49,54)(H,50,52)/t22-,24?,25+,28-,29?,30-,31?,32?/m0/s1. The Balaban J connectivity index is 1.79. The van der Waals surface area contributed by atoms with E-state index in [1.165, 1.54) is 16.2 Å². The number of amidine groups is 1. The number of nitrogens with one attached hydrogen (secondary N) is 6. The van der Waals surface area contributed by atoms with Gasteiger partial charge in [0.05, 0.1) is 25.0 Å². The number of hydrogen-bond acceptors (Lipinski definition) is 10. The van der Waals surface area contributed by atoms with Crippen molar-refractivity contribution in [2.75, 3.05) is 13.1 Å². The summed E-state index contributed by atoms with van der Waals surface area (Å²) in [5.41, 5.74) is 1.34. The van der Waals surface area contributed by atoms with Gasteiger partial charge < -0.3 is 31.5 Å². The maximum atomic E-state index is 14.8. The molecule has 3 heterocycles. The van der Waals surface area contributed by atoms with Crippen molar-refractivity contribution in [3.8, 4) is 0 Å². The van der Waals surface area contributed by atoms with Gasteiger partial charge in [-0.2, -0.15) is 0 Å². The summed E-state index contributed by atoms with van der Waals surface area (Å²) >= 11 is 3.44. The van der Waals surface area contributed by atoms with Crippen LogP contribution in [-0.4, -0.2) is 98.4 Å². The largest absolute Gasteiger partial charge is 0.363 e. The van der Waals surface area contributed by atoms with Crippen LogP contribution in [0.5, 0.6) is 0 Å². The molecule has 0 saturated carbocycles. The number of carbonyl (C=O) groups is 6. The Morgan fingerprint density at radius 3 is 2.24 bits per heavy atom. The maximum Gasteiger partial charge on any atom is 0.246 e. The van der Waals surface area contributed by atoms with Gasteiger partial charge >= 0.3 is 0 Å². The molecule has 1 aromatic carbocycles. The number of fused-ring (bicyclic) bond motifs is 1. The Labute approximate surface area is 358 Å². The number of amides is 6. The second-order valence-corrected chi connectivity index (χ2v) is 19.9. The number of carbonyl (C=O) groups excluding carboxylic acids is 6. The Hall–Kier alpha value is -4.17. The highest BCUT2D eigenvalue weighted by Crippen LogP contribution is 2.30. The Bertz CT molecular complexity index is 1810. The highest BCUT2D eigenvalue weighted by molar-refractivity contribution is 14.1. The third kappa shape index (κ3) is 11.7. The van der Waals surface area contributed by atoms with E-state index in [1.807, 2.05) is 92.6 Å². The highest BCUT2D eigenvalue weighted by Gasteiger charge is 2.44. The van der Waals surface area contributed by atoms with Crippen LogP contribution in [0.3, 0.4) is 0 Å². The van der Waals surface area contributed by atoms with Gasteiger partial charge in [-0.3, -0.25) is 39.2 Å². The molecular formula is C40H59IN10O6S. The first kappa shape index (κ1) is 46.5. The monoisotopic (exact) mass is 934 g/mol. The molecule has 0 bridgehead atoms. The zero-order chi connectivity index (χ0) is 43.1. The molecule has 2 aliphatic heterocycles. The number of aromatic nitrogens is 1. The molecule has 1 aromatic heterocycles. The van der Waals surface area contributed by atoms with Crippen molar-refractivity contribution < 1.29 is 28.8 Å². The molecule has 6 amide bonds. The molecule has 18 heteroatoms. The fourth-order valence-electron chi connectivity index (χ4n) is 7.03. The van der Waals surface area contributed by atoms with Gasteiger partial charge in [0.1, 0.15) is 35.0 Å². The third-order valence-electron chi connectivity index (χ3n) is 10.4. The Kier molecular flexibility index (Phi) is 15.8. The number of hydrogen-bond donors (Lipinski definition) is 7. The molecule has 58 heavy (non-hydrogen) atoms. The van der Waals surface area contributed by atoms with E-state index in [9.17, 15) is 28.8 Å². The molecule has 16 nitrogen and oxygen atoms in total. The lowest BCUT2D eigenvalue weighted by Gasteiger charge is -2.38. The van der Waals surface area contributed by atoms with Crippen LogP contribution in [-0.2, 0) is 28.8 Å². The van der Waals surface area contributed by atoms with Gasteiger partial charge in [0.2, 0.25) is 35.4 Å². The predicted octanol–water partition coefficient (Wildman–Crippen LogP) is 2.46. The van der Waals surface area contributed by atoms with Gasteiger partial charge in [0, 0.05) is 28.0 Å². The van der Waals surface area contributed by atoms with Crippen LogP contribution in [0, 0.1) is 16.7 Å². The number of benzene rings is 1. The second kappa shape index (κ2) is 19.7. The number of hydrazine groups is 1. The number of thiazole rings is 1. The van der Waals surface area contributed by atoms with Crippen molar-refractivity contribution in [1.82, 2.24) is 41.9 Å². The van der Waals surface area contributed by atoms with Gasteiger partial charge in [-0.1, -0.05) is 115 Å². The average Bonchev–Trinajstić information content (AvgIpc) is 3.83. The van der Waals surface area contributed by atoms with E-state index < -0.39 is 76.6 Å². The third-order valence-corrected chi connectivity index (χ3v) is 12.6. The molecule has 318 valence electrons. The van der Waals surface area contributed by atoms with E-state index in [-0.39, 0.29) is 40.5 Å². The summed E-state index contributed by atoms with van der Waals surface area (Å²) in [5.74, 6) is 1.98. The smallest absolute Gasteiger partial charge is 0.246 e. The van der Waals surface area contributed by atoms with Gasteiger partial charge in [0.25, 0.3) is 0 Å². The summed E-state index contributed by atoms with van der Waals surface area (Å²) in [7, 11) is 0. The van der Waals surface area contributed by atoms with E-state index in [2.05, 4.69) is 59.6 Å². The van der Waals surface area contributed by atoms with E-state index in [0.717, 1.165) is 5.56 Å². The molecule has 2 saturated heterocycles. The first-order chi connectivity index (χ1) is 27.1. The lowest BCUT2D eigenvalue weighted by atomic mass is 9.83. The number of halogens is 1. The quantitative estimate of drug-likeness (QED) is 0.0577. The minimum Gasteiger partial charge on any atom is -0.363 e. The molecule has 2 aromatic rings. The number of alkyl halides is 1. The lowest BCUT2D eigenvalue weighted by Crippen LogP contribution is -2.63. The highest BCUT2D eigenvalue weighted by atomic mass is 127. The van der Waals surface area contributed by atoms with Crippen molar-refractivity contribution in [1.29, 1.82) is 0 Å². The average molecular weight is 935 g/mol. The number of nitrogens with two attached hydrogens (primary N) is 1. The van der Waals surface area contributed by atoms with Crippen molar-refractivity contribution in [2.45, 2.75) is 121 Å². The topological polar surface area (TPSA) is 229 Å². The zero-order valence-electron chi connectivity index (χ0n) is 34.7. The Morgan fingerprint density at radius 1 is 1.00 bits per heavy atom. The number of rotatable bonds is 11. The first-order valence-electron chi connectivity index (χ1n) is 19.5. The van der Waals surface area contributed by atoms with E-state index in [4.69, 9.17) is 10.8 Å². The van der Waals surface area contributed by atoms with Crippen LogP contribution in [0.25, 0.3) is 0 Å². The summed E-state index contributed by atoms with van der Waals surface area (Å²) in [4.78, 5) is 94.0. The molecule has 2 aliphatic rings. The summed E-state index contributed by atoms with van der Waals surface area (Å²) in [6, 6.07) is 3.62. The van der Waals surface area contributed by atoms with E-state index in [1.54, 1.807) is 11.6 Å². The van der Waals surface area contributed by atoms with E-state index >= 15 is 0 Å². The fourth-order valence-corrected chi connectivity index (χ4v) is 8.71. The number of aliphatic imine (C=N–C) groups is 1. The molecule has 0 radical (unpaired) electrons. The molecule has 0 spiro atoms. The summed E-state index contributed by atoms with van der Waals surface area (Å²) in [5, 5.41) is 17.3. The minimum atomic E-state index is -1.14. The van der Waals surface area contributed by atoms with Gasteiger partial charge in [-0.25, -0.2) is 10.8 Å². The SMILES string of the molecule is CC(C)[C@@H]1NC(=O)[C@@H]2C(I)CCN2C(=O)CN/C(=N\C(C(=O)NC(C(=O)N[C@H](CC(=O)NN)c2nccs2)[C@@H](C)c2ccccc2)C(C)(C)C)C(C(C)(C)C)NC1=O. The van der Waals surface area contributed by atoms with Crippen LogP contribution in [0.1, 0.15) is 97.7 Å². The van der Waals surface area contributed by atoms with Crippen LogP contribution >= 0.6 is 33.9 Å². The molecule has 4 unspecified atom stereocenters. The van der Waals surface area contributed by atoms with Crippen molar-refractivity contribution >= 4 is 75.2 Å². The molecule has 8 atom stereocenters. The maximum absolute atomic E-state index is 14.8. The van der Waals surface area contributed by atoms with Gasteiger partial charge in [-0.05, 0) is 28.7 Å². The molecule has 2 fully saturated rings.